The van der Waals surface area contributed by atoms with Crippen molar-refractivity contribution in [2.45, 2.75) is 32.4 Å². The van der Waals surface area contributed by atoms with E-state index < -0.39 is 17.7 Å². The summed E-state index contributed by atoms with van der Waals surface area (Å²) < 4.78 is 12.1. The molecule has 0 bridgehead atoms. The minimum atomic E-state index is -0.884. The van der Waals surface area contributed by atoms with Gasteiger partial charge in [-0.25, -0.2) is 4.98 Å². The Morgan fingerprint density at radius 3 is 2.71 bits per heavy atom. The molecule has 3 heterocycles. The molecule has 0 saturated carbocycles. The van der Waals surface area contributed by atoms with Gasteiger partial charge in [-0.3, -0.25) is 14.5 Å². The Hall–Kier alpha value is -3.88. The van der Waals surface area contributed by atoms with E-state index in [0.717, 1.165) is 16.0 Å². The zero-order valence-corrected chi connectivity index (χ0v) is 22.2. The van der Waals surface area contributed by atoms with Crippen LogP contribution < -0.4 is 14.4 Å². The standard InChI is InChI=1S/C29H23ClN2O5S/c1-3-36-20-8-4-16(5-9-20)25-24(26(33)17-6-11-22-18(13-17)12-15(2)37-22)27(34)28(35)32(25)29-31-21-10-7-19(30)14-23(21)38-29/h4-11,13-15,25,33H,3,12H2,1-2H3/b26-24+. The van der Waals surface area contributed by atoms with Crippen molar-refractivity contribution in [2.75, 3.05) is 11.5 Å². The lowest BCUT2D eigenvalue weighted by atomic mass is 9.94. The molecule has 7 nitrogen and oxygen atoms in total. The molecular weight excluding hydrogens is 524 g/mol. The summed E-state index contributed by atoms with van der Waals surface area (Å²) in [5, 5.41) is 12.4. The van der Waals surface area contributed by atoms with E-state index in [1.165, 1.54) is 16.2 Å². The molecule has 3 aromatic carbocycles. The number of carbonyl (C=O) groups excluding carboxylic acids is 2. The number of aliphatic hydroxyl groups is 1. The molecule has 9 heteroatoms. The normalized spacial score (nSPS) is 20.1. The Labute approximate surface area is 227 Å². The molecule has 0 spiro atoms. The second kappa shape index (κ2) is 9.45. The third-order valence-electron chi connectivity index (χ3n) is 6.67. The SMILES string of the molecule is CCOc1ccc(C2/C(=C(\O)c3ccc4c(c3)CC(C)O4)C(=O)C(=O)N2c2nc3ccc(Cl)cc3s2)cc1. The number of benzene rings is 3. The molecule has 0 radical (unpaired) electrons. The smallest absolute Gasteiger partial charge is 0.301 e. The number of halogens is 1. The fourth-order valence-corrected chi connectivity index (χ4v) is 6.24. The summed E-state index contributed by atoms with van der Waals surface area (Å²) in [5.74, 6) is -0.352. The van der Waals surface area contributed by atoms with Crippen LogP contribution in [0.15, 0.2) is 66.2 Å². The maximum Gasteiger partial charge on any atom is 0.301 e. The molecule has 2 unspecified atom stereocenters. The molecule has 6 rings (SSSR count). The number of nitrogens with zero attached hydrogens (tertiary/aromatic N) is 2. The van der Waals surface area contributed by atoms with E-state index in [1.807, 2.05) is 19.9 Å². The summed E-state index contributed by atoms with van der Waals surface area (Å²) in [6, 6.07) is 16.8. The lowest BCUT2D eigenvalue weighted by Crippen LogP contribution is -2.29. The summed E-state index contributed by atoms with van der Waals surface area (Å²) in [5.41, 5.74) is 2.70. The van der Waals surface area contributed by atoms with Gasteiger partial charge in [0.15, 0.2) is 5.13 Å². The lowest BCUT2D eigenvalue weighted by Gasteiger charge is -2.23. The van der Waals surface area contributed by atoms with Gasteiger partial charge in [-0.1, -0.05) is 35.1 Å². The number of Topliss-reactive ketones (excluding diaryl/α,β-unsaturated/α-hetero) is 1. The number of anilines is 1. The van der Waals surface area contributed by atoms with Gasteiger partial charge in [0.05, 0.1) is 28.4 Å². The first kappa shape index (κ1) is 24.5. The molecule has 1 saturated heterocycles. The number of aliphatic hydroxyl groups excluding tert-OH is 1. The minimum Gasteiger partial charge on any atom is -0.507 e. The lowest BCUT2D eigenvalue weighted by molar-refractivity contribution is -0.132. The number of ketones is 1. The fraction of sp³-hybridized carbons (Fsp3) is 0.207. The van der Waals surface area contributed by atoms with E-state index in [4.69, 9.17) is 21.1 Å². The number of carbonyl (C=O) groups is 2. The molecule has 2 aliphatic rings. The second-order valence-corrected chi connectivity index (χ2v) is 10.7. The van der Waals surface area contributed by atoms with Crippen molar-refractivity contribution in [1.82, 2.24) is 4.98 Å². The van der Waals surface area contributed by atoms with Gasteiger partial charge < -0.3 is 14.6 Å². The van der Waals surface area contributed by atoms with Crippen LogP contribution in [-0.4, -0.2) is 34.5 Å². The maximum atomic E-state index is 13.5. The van der Waals surface area contributed by atoms with Crippen LogP contribution in [0.5, 0.6) is 11.5 Å². The van der Waals surface area contributed by atoms with Crippen molar-refractivity contribution in [3.63, 3.8) is 0 Å². The predicted octanol–water partition coefficient (Wildman–Crippen LogP) is 6.30. The average Bonchev–Trinajstić information content (AvgIpc) is 3.56. The van der Waals surface area contributed by atoms with Crippen molar-refractivity contribution in [3.8, 4) is 11.5 Å². The monoisotopic (exact) mass is 546 g/mol. The van der Waals surface area contributed by atoms with Crippen LogP contribution in [-0.2, 0) is 16.0 Å². The van der Waals surface area contributed by atoms with E-state index in [9.17, 15) is 14.7 Å². The molecule has 0 aliphatic carbocycles. The first-order valence-corrected chi connectivity index (χ1v) is 13.4. The molecule has 4 aromatic rings. The summed E-state index contributed by atoms with van der Waals surface area (Å²) >= 11 is 7.43. The van der Waals surface area contributed by atoms with Crippen LogP contribution in [0, 0.1) is 0 Å². The van der Waals surface area contributed by atoms with Crippen molar-refractivity contribution in [3.05, 3.63) is 87.9 Å². The highest BCUT2D eigenvalue weighted by atomic mass is 35.5. The van der Waals surface area contributed by atoms with E-state index in [2.05, 4.69) is 4.98 Å². The fourth-order valence-electron chi connectivity index (χ4n) is 4.97. The first-order valence-electron chi connectivity index (χ1n) is 12.2. The van der Waals surface area contributed by atoms with Gasteiger partial charge in [0.2, 0.25) is 0 Å². The Balaban J connectivity index is 1.51. The van der Waals surface area contributed by atoms with Crippen LogP contribution in [0.25, 0.3) is 16.0 Å². The van der Waals surface area contributed by atoms with Crippen LogP contribution in [0.1, 0.15) is 36.6 Å². The average molecular weight is 547 g/mol. The van der Waals surface area contributed by atoms with Gasteiger partial charge in [0, 0.05) is 17.0 Å². The number of hydrogen-bond acceptors (Lipinski definition) is 7. The summed E-state index contributed by atoms with van der Waals surface area (Å²) in [4.78, 5) is 33.0. The van der Waals surface area contributed by atoms with Crippen molar-refractivity contribution in [1.29, 1.82) is 0 Å². The maximum absolute atomic E-state index is 13.5. The Kier molecular flexibility index (Phi) is 6.08. The Bertz CT molecular complexity index is 1630. The zero-order chi connectivity index (χ0) is 26.6. The number of thiazole rings is 1. The first-order chi connectivity index (χ1) is 18.3. The largest absolute Gasteiger partial charge is 0.507 e. The van der Waals surface area contributed by atoms with Gasteiger partial charge in [-0.2, -0.15) is 0 Å². The van der Waals surface area contributed by atoms with Crippen LogP contribution in [0.2, 0.25) is 5.02 Å². The molecule has 38 heavy (non-hydrogen) atoms. The molecule has 1 aromatic heterocycles. The third-order valence-corrected chi connectivity index (χ3v) is 7.92. The zero-order valence-electron chi connectivity index (χ0n) is 20.6. The molecule has 1 fully saturated rings. The van der Waals surface area contributed by atoms with Crippen molar-refractivity contribution < 1.29 is 24.2 Å². The Morgan fingerprint density at radius 1 is 1.16 bits per heavy atom. The van der Waals surface area contributed by atoms with E-state index in [0.29, 0.717) is 45.6 Å². The summed E-state index contributed by atoms with van der Waals surface area (Å²) in [6.45, 7) is 4.37. The van der Waals surface area contributed by atoms with Gasteiger partial charge >= 0.3 is 5.91 Å². The molecule has 2 aliphatic heterocycles. The van der Waals surface area contributed by atoms with Gasteiger partial charge in [-0.15, -0.1) is 0 Å². The van der Waals surface area contributed by atoms with Crippen LogP contribution in [0.4, 0.5) is 5.13 Å². The predicted molar refractivity (Wildman–Crippen MR) is 147 cm³/mol. The minimum absolute atomic E-state index is 0.00311. The number of aromatic nitrogens is 1. The van der Waals surface area contributed by atoms with Gasteiger partial charge in [0.1, 0.15) is 23.4 Å². The highest BCUT2D eigenvalue weighted by Crippen LogP contribution is 2.45. The topological polar surface area (TPSA) is 89.0 Å². The number of fused-ring (bicyclic) bond motifs is 2. The van der Waals surface area contributed by atoms with E-state index in [1.54, 1.807) is 54.6 Å². The van der Waals surface area contributed by atoms with Gasteiger partial charge in [0.25, 0.3) is 5.78 Å². The quantitative estimate of drug-likeness (QED) is 0.179. The van der Waals surface area contributed by atoms with Crippen molar-refractivity contribution in [2.24, 2.45) is 0 Å². The molecule has 192 valence electrons. The van der Waals surface area contributed by atoms with Crippen LogP contribution >= 0.6 is 22.9 Å². The molecular formula is C29H23ClN2O5S. The highest BCUT2D eigenvalue weighted by Gasteiger charge is 2.48. The number of amides is 1. The highest BCUT2D eigenvalue weighted by molar-refractivity contribution is 7.22. The summed E-state index contributed by atoms with van der Waals surface area (Å²) in [7, 11) is 0. The molecule has 1 amide bonds. The third kappa shape index (κ3) is 4.10. The van der Waals surface area contributed by atoms with Gasteiger partial charge in [-0.05, 0) is 73.5 Å². The number of ether oxygens (including phenoxy) is 2. The Morgan fingerprint density at radius 2 is 1.95 bits per heavy atom. The molecule has 2 atom stereocenters. The number of hydrogen-bond donors (Lipinski definition) is 1. The second-order valence-electron chi connectivity index (χ2n) is 9.23. The van der Waals surface area contributed by atoms with Crippen molar-refractivity contribution >= 4 is 55.7 Å². The molecule has 1 N–H and O–H groups in total. The van der Waals surface area contributed by atoms with E-state index in [-0.39, 0.29) is 17.4 Å². The van der Waals surface area contributed by atoms with Crippen LogP contribution in [0.3, 0.4) is 0 Å². The van der Waals surface area contributed by atoms with E-state index >= 15 is 0 Å². The number of rotatable bonds is 5. The summed E-state index contributed by atoms with van der Waals surface area (Å²) in [6.07, 6.45) is 0.728.